The molecule has 0 radical (unpaired) electrons. The summed E-state index contributed by atoms with van der Waals surface area (Å²) in [4.78, 5) is 10.9. The van der Waals surface area contributed by atoms with Crippen molar-refractivity contribution in [2.45, 2.75) is 18.1 Å². The van der Waals surface area contributed by atoms with Gasteiger partial charge in [-0.15, -0.1) is 0 Å². The highest BCUT2D eigenvalue weighted by Gasteiger charge is 2.25. The number of sulfone groups is 1. The number of hydrogen-bond acceptors (Lipinski definition) is 4. The van der Waals surface area contributed by atoms with E-state index in [9.17, 15) is 13.2 Å². The zero-order valence-electron chi connectivity index (χ0n) is 9.76. The number of carbonyl (C=O) groups excluding carboxylic acids is 1. The molecule has 0 aromatic heterocycles. The van der Waals surface area contributed by atoms with E-state index in [1.54, 1.807) is 24.3 Å². The Morgan fingerprint density at radius 2 is 1.94 bits per heavy atom. The molecule has 18 heavy (non-hydrogen) atoms. The predicted octanol–water partition coefficient (Wildman–Crippen LogP) is 0.818. The number of aliphatic hydroxyl groups excluding tert-OH is 1. The molecule has 0 aliphatic carbocycles. The average Bonchev–Trinajstić information content (AvgIpc) is 2.28. The molecular formula is C11H14BrNO4S. The van der Waals surface area contributed by atoms with Crippen molar-refractivity contribution < 1.29 is 18.3 Å². The van der Waals surface area contributed by atoms with Crippen molar-refractivity contribution in [1.82, 2.24) is 5.32 Å². The van der Waals surface area contributed by atoms with E-state index in [1.165, 1.54) is 6.92 Å². The van der Waals surface area contributed by atoms with Crippen LogP contribution in [0.15, 0.2) is 28.7 Å². The Balaban J connectivity index is 2.85. The largest absolute Gasteiger partial charge is 0.393 e. The second-order valence-corrected chi connectivity index (χ2v) is 6.90. The number of amides is 1. The van der Waals surface area contributed by atoms with Crippen LogP contribution in [0.3, 0.4) is 0 Å². The lowest BCUT2D eigenvalue weighted by molar-refractivity contribution is -0.119. The van der Waals surface area contributed by atoms with Crippen LogP contribution in [0.4, 0.5) is 0 Å². The quantitative estimate of drug-likeness (QED) is 0.834. The molecule has 0 aliphatic rings. The van der Waals surface area contributed by atoms with Gasteiger partial charge in [0.1, 0.15) is 0 Å². The Morgan fingerprint density at radius 1 is 1.39 bits per heavy atom. The van der Waals surface area contributed by atoms with E-state index in [-0.39, 0.29) is 5.75 Å². The smallest absolute Gasteiger partial charge is 0.217 e. The number of benzene rings is 1. The first-order chi connectivity index (χ1) is 8.35. The maximum atomic E-state index is 12.0. The monoisotopic (exact) mass is 335 g/mol. The highest BCUT2D eigenvalue weighted by atomic mass is 79.9. The molecular weight excluding hydrogens is 322 g/mol. The minimum atomic E-state index is -3.63. The summed E-state index contributed by atoms with van der Waals surface area (Å²) >= 11 is 3.25. The molecule has 5 nitrogen and oxygen atoms in total. The van der Waals surface area contributed by atoms with Gasteiger partial charge in [0.25, 0.3) is 0 Å². The third-order valence-corrected chi connectivity index (χ3v) is 4.64. The second-order valence-electron chi connectivity index (χ2n) is 3.81. The molecule has 1 aromatic rings. The number of nitrogens with one attached hydrogen (secondary N) is 1. The normalized spacial score (nSPS) is 13.1. The van der Waals surface area contributed by atoms with Crippen LogP contribution >= 0.6 is 15.9 Å². The van der Waals surface area contributed by atoms with Gasteiger partial charge in [0.2, 0.25) is 5.91 Å². The number of halogens is 1. The molecule has 0 fully saturated rings. The fourth-order valence-corrected chi connectivity index (χ4v) is 3.08. The topological polar surface area (TPSA) is 83.5 Å². The Morgan fingerprint density at radius 3 is 2.39 bits per heavy atom. The third kappa shape index (κ3) is 4.40. The molecule has 0 bridgehead atoms. The van der Waals surface area contributed by atoms with Crippen molar-refractivity contribution >= 4 is 31.7 Å². The molecule has 2 N–H and O–H groups in total. The standard InChI is InChI=1S/C11H14BrNO4S/c1-8(15)13-11(6-14)18(16,17)7-9-2-4-10(12)5-3-9/h2-5,11,14H,6-7H2,1H3,(H,13,15). The Bertz CT molecular complexity index is 512. The molecule has 1 aromatic carbocycles. The summed E-state index contributed by atoms with van der Waals surface area (Å²) in [5.74, 6) is -0.723. The lowest BCUT2D eigenvalue weighted by Crippen LogP contribution is -2.42. The van der Waals surface area contributed by atoms with Gasteiger partial charge in [-0.05, 0) is 17.7 Å². The first-order valence-electron chi connectivity index (χ1n) is 5.19. The first-order valence-corrected chi connectivity index (χ1v) is 7.70. The highest BCUT2D eigenvalue weighted by molar-refractivity contribution is 9.10. The van der Waals surface area contributed by atoms with Crippen molar-refractivity contribution in [3.8, 4) is 0 Å². The van der Waals surface area contributed by atoms with E-state index in [0.29, 0.717) is 5.56 Å². The van der Waals surface area contributed by atoms with Crippen molar-refractivity contribution in [2.75, 3.05) is 6.61 Å². The average molecular weight is 336 g/mol. The fraction of sp³-hybridized carbons (Fsp3) is 0.364. The summed E-state index contributed by atoms with van der Waals surface area (Å²) in [5.41, 5.74) is 0.599. The summed E-state index contributed by atoms with van der Waals surface area (Å²) < 4.78 is 24.8. The molecule has 0 spiro atoms. The SMILES string of the molecule is CC(=O)NC(CO)S(=O)(=O)Cc1ccc(Br)cc1. The first kappa shape index (κ1) is 15.1. The van der Waals surface area contributed by atoms with Crippen LogP contribution in [0.5, 0.6) is 0 Å². The Labute approximate surface area is 114 Å². The van der Waals surface area contributed by atoms with Crippen LogP contribution in [0.1, 0.15) is 12.5 Å². The number of aliphatic hydroxyl groups is 1. The van der Waals surface area contributed by atoms with E-state index in [1.807, 2.05) is 0 Å². The minimum Gasteiger partial charge on any atom is -0.393 e. The summed E-state index contributed by atoms with van der Waals surface area (Å²) in [6.45, 7) is 0.566. The number of hydrogen-bond donors (Lipinski definition) is 2. The second kappa shape index (κ2) is 6.31. The Kier molecular flexibility index (Phi) is 5.30. The van der Waals surface area contributed by atoms with Gasteiger partial charge in [-0.1, -0.05) is 28.1 Å². The van der Waals surface area contributed by atoms with Gasteiger partial charge in [-0.3, -0.25) is 4.79 Å². The molecule has 0 aliphatic heterocycles. The van der Waals surface area contributed by atoms with Crippen molar-refractivity contribution in [3.63, 3.8) is 0 Å². The number of carbonyl (C=O) groups is 1. The van der Waals surface area contributed by atoms with E-state index in [4.69, 9.17) is 5.11 Å². The molecule has 0 saturated heterocycles. The van der Waals surface area contributed by atoms with Crippen LogP contribution in [0, 0.1) is 0 Å². The molecule has 7 heteroatoms. The van der Waals surface area contributed by atoms with Gasteiger partial charge < -0.3 is 10.4 Å². The van der Waals surface area contributed by atoms with Gasteiger partial charge in [0, 0.05) is 11.4 Å². The van der Waals surface area contributed by atoms with Gasteiger partial charge in [0.15, 0.2) is 15.2 Å². The highest BCUT2D eigenvalue weighted by Crippen LogP contribution is 2.14. The lowest BCUT2D eigenvalue weighted by Gasteiger charge is -2.16. The van der Waals surface area contributed by atoms with Crippen molar-refractivity contribution in [2.24, 2.45) is 0 Å². The van der Waals surface area contributed by atoms with Gasteiger partial charge in [-0.25, -0.2) is 8.42 Å². The molecule has 100 valence electrons. The third-order valence-electron chi connectivity index (χ3n) is 2.24. The maximum Gasteiger partial charge on any atom is 0.217 e. The zero-order valence-corrected chi connectivity index (χ0v) is 12.2. The van der Waals surface area contributed by atoms with Crippen LogP contribution in [0.2, 0.25) is 0 Å². The summed E-state index contributed by atoms with van der Waals surface area (Å²) in [6.07, 6.45) is 0. The van der Waals surface area contributed by atoms with E-state index in [0.717, 1.165) is 4.47 Å². The van der Waals surface area contributed by atoms with Crippen LogP contribution < -0.4 is 5.32 Å². The van der Waals surface area contributed by atoms with E-state index in [2.05, 4.69) is 21.2 Å². The predicted molar refractivity (Wildman–Crippen MR) is 71.5 cm³/mol. The summed E-state index contributed by atoms with van der Waals surface area (Å²) in [7, 11) is -3.63. The van der Waals surface area contributed by atoms with Crippen molar-refractivity contribution in [1.29, 1.82) is 0 Å². The van der Waals surface area contributed by atoms with Crippen LogP contribution in [-0.2, 0) is 20.4 Å². The summed E-state index contributed by atoms with van der Waals surface area (Å²) in [6, 6.07) is 6.81. The van der Waals surface area contributed by atoms with Crippen LogP contribution in [0.25, 0.3) is 0 Å². The molecule has 1 rings (SSSR count). The fourth-order valence-electron chi connectivity index (χ4n) is 1.39. The minimum absolute atomic E-state index is 0.230. The van der Waals surface area contributed by atoms with Gasteiger partial charge in [0.05, 0.1) is 12.4 Å². The molecule has 0 heterocycles. The van der Waals surface area contributed by atoms with E-state index < -0.39 is 27.7 Å². The van der Waals surface area contributed by atoms with Crippen LogP contribution in [-0.4, -0.2) is 31.4 Å². The molecule has 1 amide bonds. The Hall–Kier alpha value is -0.920. The zero-order chi connectivity index (χ0) is 13.8. The lowest BCUT2D eigenvalue weighted by atomic mass is 10.2. The van der Waals surface area contributed by atoms with E-state index >= 15 is 0 Å². The van der Waals surface area contributed by atoms with Gasteiger partial charge in [-0.2, -0.15) is 0 Å². The van der Waals surface area contributed by atoms with Crippen molar-refractivity contribution in [3.05, 3.63) is 34.3 Å². The molecule has 1 unspecified atom stereocenters. The molecule has 0 saturated carbocycles. The summed E-state index contributed by atoms with van der Waals surface area (Å²) in [5, 5.41) is 9.98. The van der Waals surface area contributed by atoms with Gasteiger partial charge >= 0.3 is 0 Å². The molecule has 1 atom stereocenters. The maximum absolute atomic E-state index is 12.0. The number of rotatable bonds is 5.